The Labute approximate surface area is 131 Å². The molecule has 2 heterocycles. The van der Waals surface area contributed by atoms with Gasteiger partial charge in [-0.1, -0.05) is 6.42 Å². The van der Waals surface area contributed by atoms with Crippen LogP contribution >= 0.6 is 11.3 Å². The minimum atomic E-state index is -0.822. The first-order chi connectivity index (χ1) is 10.6. The van der Waals surface area contributed by atoms with Gasteiger partial charge in [-0.3, -0.25) is 15.0 Å². The van der Waals surface area contributed by atoms with Crippen LogP contribution in [0.1, 0.15) is 24.3 Å². The molecule has 0 spiro atoms. The van der Waals surface area contributed by atoms with Crippen molar-refractivity contribution in [1.29, 1.82) is 0 Å². The van der Waals surface area contributed by atoms with E-state index >= 15 is 0 Å². The normalized spacial score (nSPS) is 15.9. The molecule has 1 aromatic carbocycles. The first kappa shape index (κ1) is 15.1. The molecule has 0 bridgehead atoms. The third-order valence-electron chi connectivity index (χ3n) is 3.80. The Balaban J connectivity index is 1.78. The minimum Gasteiger partial charge on any atom is -0.297 e. The van der Waals surface area contributed by atoms with Gasteiger partial charge < -0.3 is 0 Å². The first-order valence-corrected chi connectivity index (χ1v) is 8.12. The zero-order valence-electron chi connectivity index (χ0n) is 12.0. The summed E-state index contributed by atoms with van der Waals surface area (Å²) < 4.78 is 13.4. The van der Waals surface area contributed by atoms with Gasteiger partial charge in [0, 0.05) is 17.0 Å². The summed E-state index contributed by atoms with van der Waals surface area (Å²) in [6, 6.07) is 3.90. The van der Waals surface area contributed by atoms with Gasteiger partial charge in [0.05, 0.1) is 17.2 Å². The van der Waals surface area contributed by atoms with Crippen LogP contribution in [0.3, 0.4) is 0 Å². The lowest BCUT2D eigenvalue weighted by Crippen LogP contribution is -2.28. The van der Waals surface area contributed by atoms with Gasteiger partial charge in [-0.05, 0) is 38.1 Å². The number of benzene rings is 1. The summed E-state index contributed by atoms with van der Waals surface area (Å²) in [5.41, 5.74) is 0.734. The maximum absolute atomic E-state index is 13.4. The summed E-state index contributed by atoms with van der Waals surface area (Å²) in [5, 5.41) is 13.7. The lowest BCUT2D eigenvalue weighted by molar-refractivity contribution is -0.387. The lowest BCUT2D eigenvalue weighted by atomic mass is 10.1. The highest BCUT2D eigenvalue weighted by molar-refractivity contribution is 7.09. The van der Waals surface area contributed by atoms with Crippen LogP contribution in [-0.4, -0.2) is 27.9 Å². The molecule has 116 valence electrons. The number of nitrogens with zero attached hydrogens (tertiary/aromatic N) is 3. The molecule has 1 aliphatic rings. The van der Waals surface area contributed by atoms with E-state index in [1.54, 1.807) is 11.3 Å². The second-order valence-electron chi connectivity index (χ2n) is 5.39. The van der Waals surface area contributed by atoms with Crippen molar-refractivity contribution < 1.29 is 9.31 Å². The van der Waals surface area contributed by atoms with E-state index in [0.29, 0.717) is 11.3 Å². The van der Waals surface area contributed by atoms with E-state index in [2.05, 4.69) is 9.88 Å². The molecule has 5 nitrogen and oxygen atoms in total. The van der Waals surface area contributed by atoms with E-state index in [1.165, 1.54) is 31.4 Å². The second kappa shape index (κ2) is 6.50. The standard InChI is InChI=1S/C15H16FN3O2S/c16-12-5-4-11(8-14(12)19(20)21)13-10-22-15(17-13)9-18-6-2-1-3-7-18/h4-5,8,10H,1-3,6-7,9H2. The lowest BCUT2D eigenvalue weighted by Gasteiger charge is -2.25. The summed E-state index contributed by atoms with van der Waals surface area (Å²) in [5.74, 6) is -0.822. The summed E-state index contributed by atoms with van der Waals surface area (Å²) in [7, 11) is 0. The Morgan fingerprint density at radius 2 is 2.09 bits per heavy atom. The average molecular weight is 321 g/mol. The van der Waals surface area contributed by atoms with Crippen LogP contribution in [0.15, 0.2) is 23.6 Å². The van der Waals surface area contributed by atoms with E-state index in [0.717, 1.165) is 30.7 Å². The molecule has 0 N–H and O–H groups in total. The van der Waals surface area contributed by atoms with E-state index < -0.39 is 16.4 Å². The van der Waals surface area contributed by atoms with E-state index in [9.17, 15) is 14.5 Å². The van der Waals surface area contributed by atoms with Gasteiger partial charge >= 0.3 is 5.69 Å². The molecule has 7 heteroatoms. The zero-order valence-corrected chi connectivity index (χ0v) is 12.8. The number of thiazole rings is 1. The van der Waals surface area contributed by atoms with Gasteiger partial charge in [0.2, 0.25) is 5.82 Å². The van der Waals surface area contributed by atoms with Crippen LogP contribution in [0.2, 0.25) is 0 Å². The summed E-state index contributed by atoms with van der Waals surface area (Å²) in [6.07, 6.45) is 3.74. The van der Waals surface area contributed by atoms with E-state index in [-0.39, 0.29) is 0 Å². The monoisotopic (exact) mass is 321 g/mol. The molecule has 22 heavy (non-hydrogen) atoms. The topological polar surface area (TPSA) is 59.3 Å². The van der Waals surface area contributed by atoms with Gasteiger partial charge in [0.15, 0.2) is 0 Å². The van der Waals surface area contributed by atoms with Gasteiger partial charge in [-0.15, -0.1) is 11.3 Å². The van der Waals surface area contributed by atoms with E-state index in [1.807, 2.05) is 5.38 Å². The number of aromatic nitrogens is 1. The Morgan fingerprint density at radius 1 is 1.32 bits per heavy atom. The van der Waals surface area contributed by atoms with Crippen LogP contribution in [0.4, 0.5) is 10.1 Å². The summed E-state index contributed by atoms with van der Waals surface area (Å²) in [4.78, 5) is 17.0. The van der Waals surface area contributed by atoms with Crippen molar-refractivity contribution in [3.05, 3.63) is 44.5 Å². The molecule has 1 fully saturated rings. The third-order valence-corrected chi connectivity index (χ3v) is 4.63. The Kier molecular flexibility index (Phi) is 4.44. The quantitative estimate of drug-likeness (QED) is 0.634. The number of piperidine rings is 1. The molecule has 0 atom stereocenters. The fourth-order valence-corrected chi connectivity index (χ4v) is 3.48. The van der Waals surface area contributed by atoms with Gasteiger partial charge in [0.25, 0.3) is 0 Å². The Hall–Kier alpha value is -1.86. The summed E-state index contributed by atoms with van der Waals surface area (Å²) in [6.45, 7) is 3.00. The van der Waals surface area contributed by atoms with Crippen LogP contribution in [-0.2, 0) is 6.54 Å². The molecule has 0 radical (unpaired) electrons. The maximum Gasteiger partial charge on any atom is 0.305 e. The number of hydrogen-bond donors (Lipinski definition) is 0. The summed E-state index contributed by atoms with van der Waals surface area (Å²) >= 11 is 1.54. The van der Waals surface area contributed by atoms with Crippen LogP contribution < -0.4 is 0 Å². The van der Waals surface area contributed by atoms with Gasteiger partial charge in [-0.25, -0.2) is 4.98 Å². The smallest absolute Gasteiger partial charge is 0.297 e. The van der Waals surface area contributed by atoms with Crippen molar-refractivity contribution >= 4 is 17.0 Å². The zero-order chi connectivity index (χ0) is 15.5. The van der Waals surface area contributed by atoms with Crippen LogP contribution in [0, 0.1) is 15.9 Å². The molecule has 3 rings (SSSR count). The number of nitro groups is 1. The Bertz CT molecular complexity index is 683. The van der Waals surface area contributed by atoms with Crippen LogP contribution in [0.5, 0.6) is 0 Å². The molecule has 2 aromatic rings. The highest BCUT2D eigenvalue weighted by Gasteiger charge is 2.17. The first-order valence-electron chi connectivity index (χ1n) is 7.24. The van der Waals surface area contributed by atoms with Crippen LogP contribution in [0.25, 0.3) is 11.3 Å². The molecule has 0 aliphatic carbocycles. The number of halogens is 1. The largest absolute Gasteiger partial charge is 0.305 e. The average Bonchev–Trinajstić information content (AvgIpc) is 2.97. The van der Waals surface area contributed by atoms with Crippen molar-refractivity contribution in [2.75, 3.05) is 13.1 Å². The van der Waals surface area contributed by atoms with Gasteiger partial charge in [0.1, 0.15) is 5.01 Å². The maximum atomic E-state index is 13.4. The van der Waals surface area contributed by atoms with Crippen molar-refractivity contribution in [2.24, 2.45) is 0 Å². The molecule has 0 saturated carbocycles. The minimum absolute atomic E-state index is 0.511. The predicted molar refractivity (Wildman–Crippen MR) is 83.3 cm³/mol. The molecule has 1 saturated heterocycles. The van der Waals surface area contributed by atoms with Crippen molar-refractivity contribution in [3.8, 4) is 11.3 Å². The fraction of sp³-hybridized carbons (Fsp3) is 0.400. The number of nitro benzene ring substituents is 1. The van der Waals surface area contributed by atoms with Gasteiger partial charge in [-0.2, -0.15) is 4.39 Å². The molecule has 0 unspecified atom stereocenters. The number of hydrogen-bond acceptors (Lipinski definition) is 5. The third kappa shape index (κ3) is 3.31. The molecule has 0 amide bonds. The predicted octanol–water partition coefficient (Wildman–Crippen LogP) is 3.84. The van der Waals surface area contributed by atoms with Crippen molar-refractivity contribution in [1.82, 2.24) is 9.88 Å². The van der Waals surface area contributed by atoms with Crippen molar-refractivity contribution in [3.63, 3.8) is 0 Å². The molecule has 1 aliphatic heterocycles. The number of rotatable bonds is 4. The Morgan fingerprint density at radius 3 is 2.82 bits per heavy atom. The molecular formula is C15H16FN3O2S. The number of likely N-dealkylation sites (tertiary alicyclic amines) is 1. The van der Waals surface area contributed by atoms with Crippen molar-refractivity contribution in [2.45, 2.75) is 25.8 Å². The van der Waals surface area contributed by atoms with E-state index in [4.69, 9.17) is 0 Å². The highest BCUT2D eigenvalue weighted by atomic mass is 32.1. The highest BCUT2D eigenvalue weighted by Crippen LogP contribution is 2.28. The molecule has 1 aromatic heterocycles. The molecular weight excluding hydrogens is 305 g/mol. The second-order valence-corrected chi connectivity index (χ2v) is 6.33. The SMILES string of the molecule is O=[N+]([O-])c1cc(-c2csc(CN3CCCCC3)n2)ccc1F. The fourth-order valence-electron chi connectivity index (χ4n) is 2.64.